The van der Waals surface area contributed by atoms with Gasteiger partial charge in [0.2, 0.25) is 59.1 Å². The van der Waals surface area contributed by atoms with Crippen molar-refractivity contribution in [3.05, 3.63) is 11.8 Å². The predicted molar refractivity (Wildman–Crippen MR) is 316 cm³/mol. The van der Waals surface area contributed by atoms with Crippen LogP contribution in [-0.2, 0) is 52.7 Å². The van der Waals surface area contributed by atoms with E-state index in [2.05, 4.69) is 52.8 Å². The van der Waals surface area contributed by atoms with Gasteiger partial charge in [-0.3, -0.25) is 57.7 Å². The minimum Gasteiger partial charge on any atom is -0.389 e. The second-order valence-electron chi connectivity index (χ2n) is 20.6. The van der Waals surface area contributed by atoms with Crippen LogP contribution in [0.4, 0.5) is 0 Å². The van der Waals surface area contributed by atoms with Crippen LogP contribution in [0.15, 0.2) is 16.8 Å². The largest absolute Gasteiger partial charge is 0.389 e. The molecule has 1 aliphatic heterocycles. The summed E-state index contributed by atoms with van der Waals surface area (Å²) in [7, 11) is 0. The maximum Gasteiger partial charge on any atom is 0.268 e. The van der Waals surface area contributed by atoms with Gasteiger partial charge in [0.25, 0.3) is 5.91 Å². The topological polar surface area (TPSA) is 592 Å². The summed E-state index contributed by atoms with van der Waals surface area (Å²) in [5, 5.41) is 33.4. The minimum absolute atomic E-state index is 0.00594. The molecule has 1 saturated heterocycles. The highest BCUT2D eigenvalue weighted by molar-refractivity contribution is 6.02. The Labute approximate surface area is 496 Å². The van der Waals surface area contributed by atoms with Gasteiger partial charge in [0.15, 0.2) is 5.96 Å². The summed E-state index contributed by atoms with van der Waals surface area (Å²) < 4.78 is 0. The zero-order chi connectivity index (χ0) is 63.9. The zero-order valence-corrected chi connectivity index (χ0v) is 49.2. The summed E-state index contributed by atoms with van der Waals surface area (Å²) in [6.45, 7) is 2.01. The summed E-state index contributed by atoms with van der Waals surface area (Å²) in [6.07, 6.45) is 4.39. The van der Waals surface area contributed by atoms with Gasteiger partial charge < -0.3 is 115 Å². The molecule has 0 aromatic heterocycles. The number of carbonyl (C=O) groups is 11. The van der Waals surface area contributed by atoms with E-state index in [0.717, 1.165) is 0 Å². The van der Waals surface area contributed by atoms with Gasteiger partial charge in [0.1, 0.15) is 48.0 Å². The molecule has 0 radical (unpaired) electrons. The van der Waals surface area contributed by atoms with Crippen LogP contribution in [0, 0.1) is 0 Å². The Morgan fingerprint density at radius 3 is 1.76 bits per heavy atom. The van der Waals surface area contributed by atoms with Crippen LogP contribution in [0.2, 0.25) is 0 Å². The molecule has 11 amide bonds. The zero-order valence-electron chi connectivity index (χ0n) is 49.2. The van der Waals surface area contributed by atoms with E-state index in [1.54, 1.807) is 0 Å². The Balaban J connectivity index is 3.36. The standard InChI is InChI=1S/C52H99N21O12/c1-31(66-50(84)42(39(74)29-58)72-44(78)32(59)13-2-5-21-53)43(77)65-30-41(76)67-37(16-10-25-57)51(85)73-28-12-18-38(73)49(83)71-36(19-20-40(60)75)48(82)69-34(15-4-7-23-55)46(80)70-35(17-11-27-64-52(61)62)47(81)68-33(14-3-6-22-54)45(79)63-26-9-8-24-56/h17,31-34,36-39,42,74H,2-16,18-30,53-59H2,1H3,(H2,60,75)(H,63,79)(H,65,77)(H,66,84)(H,67,76)(H,68,81)(H,69,82)(H,70,80)(H,71,83)(H,72,78)(H4,61,62,64)/b35-17-/t31-,32-,33-,34-,36-,37+,38-,39-,42-/m0/s1. The fourth-order valence-electron chi connectivity index (χ4n) is 8.67. The number of likely N-dealkylation sites (tertiary alicyclic amines) is 1. The molecule has 33 heteroatoms. The molecule has 1 fully saturated rings. The van der Waals surface area contributed by atoms with Crippen molar-refractivity contribution in [2.24, 2.45) is 62.3 Å². The molecular weight excluding hydrogens is 1110 g/mol. The van der Waals surface area contributed by atoms with Crippen molar-refractivity contribution in [1.29, 1.82) is 0 Å². The van der Waals surface area contributed by atoms with Gasteiger partial charge in [-0.25, -0.2) is 0 Å². The van der Waals surface area contributed by atoms with E-state index in [1.807, 2.05) is 0 Å². The van der Waals surface area contributed by atoms with Crippen LogP contribution < -0.4 is 105 Å². The van der Waals surface area contributed by atoms with Crippen molar-refractivity contribution in [2.45, 2.75) is 177 Å². The number of aliphatic hydroxyl groups is 1. The molecule has 85 heavy (non-hydrogen) atoms. The molecule has 0 aliphatic carbocycles. The highest BCUT2D eigenvalue weighted by Crippen LogP contribution is 2.21. The maximum atomic E-state index is 14.3. The lowest BCUT2D eigenvalue weighted by Gasteiger charge is -2.30. The smallest absolute Gasteiger partial charge is 0.268 e. The quantitative estimate of drug-likeness (QED) is 0.0117. The number of carbonyl (C=O) groups excluding carboxylic acids is 11. The van der Waals surface area contributed by atoms with Gasteiger partial charge in [0, 0.05) is 32.6 Å². The minimum atomic E-state index is -1.58. The van der Waals surface area contributed by atoms with E-state index in [-0.39, 0.29) is 89.2 Å². The lowest BCUT2D eigenvalue weighted by atomic mass is 10.0. The van der Waals surface area contributed by atoms with Gasteiger partial charge in [-0.1, -0.05) is 12.5 Å². The monoisotopic (exact) mass is 1210 g/mol. The number of aliphatic hydroxyl groups excluding tert-OH is 1. The number of nitrogens with two attached hydrogens (primary N) is 10. The van der Waals surface area contributed by atoms with E-state index >= 15 is 0 Å². The van der Waals surface area contributed by atoms with Crippen molar-refractivity contribution < 1.29 is 57.8 Å². The molecule has 0 aromatic rings. The van der Waals surface area contributed by atoms with Crippen LogP contribution in [0.5, 0.6) is 0 Å². The molecule has 1 heterocycles. The lowest BCUT2D eigenvalue weighted by molar-refractivity contribution is -0.142. The molecule has 33 nitrogen and oxygen atoms in total. The van der Waals surface area contributed by atoms with Gasteiger partial charge >= 0.3 is 0 Å². The Hall–Kier alpha value is -7.14. The molecule has 0 saturated carbocycles. The Morgan fingerprint density at radius 2 is 1.18 bits per heavy atom. The third-order valence-corrected chi connectivity index (χ3v) is 13.5. The fourth-order valence-corrected chi connectivity index (χ4v) is 8.67. The first-order chi connectivity index (χ1) is 40.5. The molecular formula is C52H99N21O12. The van der Waals surface area contributed by atoms with Crippen molar-refractivity contribution in [1.82, 2.24) is 52.8 Å². The summed E-state index contributed by atoms with van der Waals surface area (Å²) in [4.78, 5) is 154. The van der Waals surface area contributed by atoms with Crippen molar-refractivity contribution >= 4 is 70.9 Å². The van der Waals surface area contributed by atoms with E-state index in [9.17, 15) is 57.8 Å². The van der Waals surface area contributed by atoms with Crippen molar-refractivity contribution in [3.8, 4) is 0 Å². The molecule has 0 aromatic carbocycles. The first-order valence-corrected chi connectivity index (χ1v) is 29.2. The van der Waals surface area contributed by atoms with E-state index in [0.29, 0.717) is 84.0 Å². The van der Waals surface area contributed by atoms with Crippen LogP contribution in [0.3, 0.4) is 0 Å². The van der Waals surface area contributed by atoms with Gasteiger partial charge in [-0.05, 0) is 142 Å². The Bertz CT molecular complexity index is 2200. The molecule has 0 bridgehead atoms. The molecule has 30 N–H and O–H groups in total. The number of primary amides is 1. The summed E-state index contributed by atoms with van der Waals surface area (Å²) in [6, 6.07) is -10.3. The summed E-state index contributed by atoms with van der Waals surface area (Å²) in [5.74, 6) is -9.07. The highest BCUT2D eigenvalue weighted by Gasteiger charge is 2.40. The predicted octanol–water partition coefficient (Wildman–Crippen LogP) is -8.42. The number of hydrogen-bond donors (Lipinski definition) is 20. The highest BCUT2D eigenvalue weighted by atomic mass is 16.3. The second kappa shape index (κ2) is 43.5. The summed E-state index contributed by atoms with van der Waals surface area (Å²) >= 11 is 0. The third kappa shape index (κ3) is 30.5. The SMILES string of the molecule is C[C@H](NC(=O)[C@@H](NC(=O)[C@@H](N)CCCCN)[C@@H](O)CN)C(=O)NCC(=O)N[C@H](CCCN)C(=O)N1CCC[C@H]1C(=O)N[C@@H](CCC(N)=O)C(=O)N[C@@H](CCCCN)C(=O)N/C(=C\CCN=C(N)N)C(=O)N[C@@H](CCCCN)C(=O)NCCCCN. The number of aliphatic imine (C=N–C) groups is 1. The number of unbranched alkanes of at least 4 members (excludes halogenated alkanes) is 4. The molecule has 0 spiro atoms. The lowest BCUT2D eigenvalue weighted by Crippen LogP contribution is -2.60. The number of nitrogens with zero attached hydrogens (tertiary/aromatic N) is 2. The number of hydrogen-bond acceptors (Lipinski definition) is 20. The molecule has 484 valence electrons. The van der Waals surface area contributed by atoms with Crippen LogP contribution >= 0.6 is 0 Å². The van der Waals surface area contributed by atoms with Crippen LogP contribution in [0.1, 0.15) is 122 Å². The average molecular weight is 1210 g/mol. The van der Waals surface area contributed by atoms with Crippen molar-refractivity contribution in [2.75, 3.05) is 65.4 Å². The first kappa shape index (κ1) is 75.9. The van der Waals surface area contributed by atoms with E-state index < -0.39 is 139 Å². The molecule has 1 aliphatic rings. The second-order valence-corrected chi connectivity index (χ2v) is 20.6. The number of amides is 11. The maximum absolute atomic E-state index is 14.3. The van der Waals surface area contributed by atoms with Gasteiger partial charge in [-0.2, -0.15) is 0 Å². The molecule has 0 unspecified atom stereocenters. The van der Waals surface area contributed by atoms with Gasteiger partial charge in [0.05, 0.1) is 18.7 Å². The van der Waals surface area contributed by atoms with Crippen molar-refractivity contribution in [3.63, 3.8) is 0 Å². The Kier molecular flexibility index (Phi) is 38.8. The van der Waals surface area contributed by atoms with E-state index in [1.165, 1.54) is 17.9 Å². The van der Waals surface area contributed by atoms with Crippen LogP contribution in [-0.4, -0.2) is 201 Å². The number of rotatable bonds is 45. The van der Waals surface area contributed by atoms with Gasteiger partial charge in [-0.15, -0.1) is 0 Å². The summed E-state index contributed by atoms with van der Waals surface area (Å²) in [5.41, 5.74) is 56.0. The first-order valence-electron chi connectivity index (χ1n) is 29.2. The Morgan fingerprint density at radius 1 is 0.600 bits per heavy atom. The normalized spacial score (nSPS) is 15.9. The van der Waals surface area contributed by atoms with E-state index in [4.69, 9.17) is 57.3 Å². The van der Waals surface area contributed by atoms with Crippen LogP contribution in [0.25, 0.3) is 0 Å². The average Bonchev–Trinajstić information content (AvgIpc) is 4.17. The number of nitrogens with one attached hydrogen (secondary N) is 9. The number of guanidine groups is 1. The fraction of sp³-hybridized carbons (Fsp3) is 0.731. The molecule has 9 atom stereocenters. The molecule has 1 rings (SSSR count). The third-order valence-electron chi connectivity index (χ3n) is 13.5.